The highest BCUT2D eigenvalue weighted by molar-refractivity contribution is 5.85. The molecule has 0 aliphatic heterocycles. The third kappa shape index (κ3) is 3.83. The standard InChI is InChI=1S/C9H19NO2/c1-7(5-6-12-4)9(11)8(2)10-3/h7-8,10H,5-6H2,1-4H3. The van der Waals surface area contributed by atoms with E-state index in [4.69, 9.17) is 4.74 Å². The van der Waals surface area contributed by atoms with Crippen LogP contribution in [0.25, 0.3) is 0 Å². The van der Waals surface area contributed by atoms with Crippen molar-refractivity contribution in [2.45, 2.75) is 26.3 Å². The van der Waals surface area contributed by atoms with E-state index >= 15 is 0 Å². The molecule has 3 heteroatoms. The molecule has 2 unspecified atom stereocenters. The van der Waals surface area contributed by atoms with Crippen molar-refractivity contribution >= 4 is 5.78 Å². The normalized spacial score (nSPS) is 15.7. The number of likely N-dealkylation sites (N-methyl/N-ethyl adjacent to an activating group) is 1. The molecule has 0 heterocycles. The Labute approximate surface area is 74.5 Å². The minimum Gasteiger partial charge on any atom is -0.385 e. The summed E-state index contributed by atoms with van der Waals surface area (Å²) in [5.41, 5.74) is 0. The second-order valence-electron chi connectivity index (χ2n) is 3.10. The molecule has 72 valence electrons. The highest BCUT2D eigenvalue weighted by Gasteiger charge is 2.17. The van der Waals surface area contributed by atoms with E-state index < -0.39 is 0 Å². The Balaban J connectivity index is 3.75. The fourth-order valence-corrected chi connectivity index (χ4v) is 1.01. The van der Waals surface area contributed by atoms with Gasteiger partial charge in [-0.1, -0.05) is 6.92 Å². The quantitative estimate of drug-likeness (QED) is 0.646. The number of carbonyl (C=O) groups excluding carboxylic acids is 1. The lowest BCUT2D eigenvalue weighted by atomic mass is 9.98. The molecule has 0 saturated carbocycles. The van der Waals surface area contributed by atoms with Crippen LogP contribution >= 0.6 is 0 Å². The van der Waals surface area contributed by atoms with E-state index in [-0.39, 0.29) is 17.7 Å². The second kappa shape index (κ2) is 6.14. The van der Waals surface area contributed by atoms with E-state index in [0.717, 1.165) is 6.42 Å². The summed E-state index contributed by atoms with van der Waals surface area (Å²) in [6.07, 6.45) is 0.807. The molecule has 0 aromatic rings. The lowest BCUT2D eigenvalue weighted by Crippen LogP contribution is -2.35. The first-order chi connectivity index (χ1) is 5.63. The van der Waals surface area contributed by atoms with Gasteiger partial charge in [0, 0.05) is 19.6 Å². The molecule has 0 rings (SSSR count). The van der Waals surface area contributed by atoms with Gasteiger partial charge in [-0.15, -0.1) is 0 Å². The molecule has 0 saturated heterocycles. The number of carbonyl (C=O) groups is 1. The third-order valence-electron chi connectivity index (χ3n) is 2.10. The van der Waals surface area contributed by atoms with E-state index in [0.29, 0.717) is 6.61 Å². The van der Waals surface area contributed by atoms with Crippen LogP contribution in [-0.4, -0.2) is 32.6 Å². The highest BCUT2D eigenvalue weighted by atomic mass is 16.5. The second-order valence-corrected chi connectivity index (χ2v) is 3.10. The molecule has 0 fully saturated rings. The SMILES string of the molecule is CNC(C)C(=O)C(C)CCOC. The molecule has 3 nitrogen and oxygen atoms in total. The lowest BCUT2D eigenvalue weighted by Gasteiger charge is -2.14. The van der Waals surface area contributed by atoms with Gasteiger partial charge in [-0.05, 0) is 20.4 Å². The topological polar surface area (TPSA) is 38.3 Å². The van der Waals surface area contributed by atoms with Crippen LogP contribution in [0, 0.1) is 5.92 Å². The van der Waals surface area contributed by atoms with Crippen molar-refractivity contribution in [3.63, 3.8) is 0 Å². The first-order valence-corrected chi connectivity index (χ1v) is 4.33. The molecule has 0 aromatic carbocycles. The van der Waals surface area contributed by atoms with E-state index in [1.54, 1.807) is 14.2 Å². The molecule has 2 atom stereocenters. The molecule has 0 radical (unpaired) electrons. The van der Waals surface area contributed by atoms with Crippen molar-refractivity contribution in [3.05, 3.63) is 0 Å². The summed E-state index contributed by atoms with van der Waals surface area (Å²) in [6, 6.07) is -0.0446. The van der Waals surface area contributed by atoms with Crippen molar-refractivity contribution in [1.82, 2.24) is 5.32 Å². The Bertz CT molecular complexity index is 136. The van der Waals surface area contributed by atoms with Crippen LogP contribution in [0.5, 0.6) is 0 Å². The Morgan fingerprint density at radius 2 is 2.08 bits per heavy atom. The zero-order chi connectivity index (χ0) is 9.56. The van der Waals surface area contributed by atoms with Crippen molar-refractivity contribution < 1.29 is 9.53 Å². The number of ether oxygens (including phenoxy) is 1. The molecule has 12 heavy (non-hydrogen) atoms. The van der Waals surface area contributed by atoms with Gasteiger partial charge in [0.1, 0.15) is 0 Å². The number of rotatable bonds is 6. The molecule has 0 amide bonds. The van der Waals surface area contributed by atoms with E-state index in [9.17, 15) is 4.79 Å². The average Bonchev–Trinajstić information content (AvgIpc) is 2.11. The molecule has 0 aliphatic carbocycles. The molecule has 1 N–H and O–H groups in total. The van der Waals surface area contributed by atoms with Crippen LogP contribution < -0.4 is 5.32 Å². The first-order valence-electron chi connectivity index (χ1n) is 4.33. The summed E-state index contributed by atoms with van der Waals surface area (Å²) in [7, 11) is 3.45. The van der Waals surface area contributed by atoms with Crippen LogP contribution in [0.15, 0.2) is 0 Å². The molecule has 0 aromatic heterocycles. The van der Waals surface area contributed by atoms with Gasteiger partial charge in [-0.3, -0.25) is 4.79 Å². The van der Waals surface area contributed by atoms with Gasteiger partial charge < -0.3 is 10.1 Å². The molecule has 0 aliphatic rings. The zero-order valence-electron chi connectivity index (χ0n) is 8.39. The maximum Gasteiger partial charge on any atom is 0.152 e. The lowest BCUT2D eigenvalue weighted by molar-refractivity contribution is -0.124. The summed E-state index contributed by atoms with van der Waals surface area (Å²) in [5, 5.41) is 2.93. The van der Waals surface area contributed by atoms with Crippen LogP contribution in [0.4, 0.5) is 0 Å². The summed E-state index contributed by atoms with van der Waals surface area (Å²) < 4.78 is 4.90. The van der Waals surface area contributed by atoms with Gasteiger partial charge in [-0.2, -0.15) is 0 Å². The van der Waals surface area contributed by atoms with Crippen LogP contribution in [0.2, 0.25) is 0 Å². The fraction of sp³-hybridized carbons (Fsp3) is 0.889. The number of nitrogens with one attached hydrogen (secondary N) is 1. The molecule has 0 bridgehead atoms. The van der Waals surface area contributed by atoms with E-state index in [1.165, 1.54) is 0 Å². The Morgan fingerprint density at radius 1 is 1.50 bits per heavy atom. The highest BCUT2D eigenvalue weighted by Crippen LogP contribution is 2.05. The van der Waals surface area contributed by atoms with Gasteiger partial charge in [0.15, 0.2) is 5.78 Å². The smallest absolute Gasteiger partial charge is 0.152 e. The third-order valence-corrected chi connectivity index (χ3v) is 2.10. The van der Waals surface area contributed by atoms with E-state index in [1.807, 2.05) is 13.8 Å². The van der Waals surface area contributed by atoms with Gasteiger partial charge in [0.25, 0.3) is 0 Å². The molecular formula is C9H19NO2. The average molecular weight is 173 g/mol. The zero-order valence-corrected chi connectivity index (χ0v) is 8.39. The Kier molecular flexibility index (Phi) is 5.93. The van der Waals surface area contributed by atoms with Crippen molar-refractivity contribution in [2.75, 3.05) is 20.8 Å². The van der Waals surface area contributed by atoms with Gasteiger partial charge in [0.05, 0.1) is 6.04 Å². The fourth-order valence-electron chi connectivity index (χ4n) is 1.01. The Hall–Kier alpha value is -0.410. The maximum atomic E-state index is 11.5. The minimum absolute atomic E-state index is 0.0446. The number of ketones is 1. The minimum atomic E-state index is -0.0446. The van der Waals surface area contributed by atoms with Crippen LogP contribution in [0.1, 0.15) is 20.3 Å². The van der Waals surface area contributed by atoms with Gasteiger partial charge in [-0.25, -0.2) is 0 Å². The summed E-state index contributed by atoms with van der Waals surface area (Å²) in [6.45, 7) is 4.48. The maximum absolute atomic E-state index is 11.5. The van der Waals surface area contributed by atoms with Crippen LogP contribution in [0.3, 0.4) is 0 Å². The number of Topliss-reactive ketones (excluding diaryl/α,β-unsaturated/α-hetero) is 1. The van der Waals surface area contributed by atoms with Crippen molar-refractivity contribution in [1.29, 1.82) is 0 Å². The Morgan fingerprint density at radius 3 is 2.50 bits per heavy atom. The summed E-state index contributed by atoms with van der Waals surface area (Å²) in [5.74, 6) is 0.349. The van der Waals surface area contributed by atoms with Gasteiger partial charge >= 0.3 is 0 Å². The monoisotopic (exact) mass is 173 g/mol. The largest absolute Gasteiger partial charge is 0.385 e. The predicted octanol–water partition coefficient (Wildman–Crippen LogP) is 0.836. The van der Waals surface area contributed by atoms with Crippen molar-refractivity contribution in [2.24, 2.45) is 5.92 Å². The van der Waals surface area contributed by atoms with E-state index in [2.05, 4.69) is 5.32 Å². The predicted molar refractivity (Wildman–Crippen MR) is 49.2 cm³/mol. The summed E-state index contributed by atoms with van der Waals surface area (Å²) >= 11 is 0. The first kappa shape index (κ1) is 11.6. The summed E-state index contributed by atoms with van der Waals surface area (Å²) in [4.78, 5) is 11.5. The number of hydrogen-bond acceptors (Lipinski definition) is 3. The molecule has 0 spiro atoms. The van der Waals surface area contributed by atoms with Crippen LogP contribution in [-0.2, 0) is 9.53 Å². The number of hydrogen-bond donors (Lipinski definition) is 1. The van der Waals surface area contributed by atoms with Crippen molar-refractivity contribution in [3.8, 4) is 0 Å². The number of methoxy groups -OCH3 is 1. The van der Waals surface area contributed by atoms with Gasteiger partial charge in [0.2, 0.25) is 0 Å². The molecular weight excluding hydrogens is 154 g/mol.